The van der Waals surface area contributed by atoms with Crippen molar-refractivity contribution < 1.29 is 9.53 Å². The first-order valence-corrected chi connectivity index (χ1v) is 8.45. The molecule has 124 valence electrons. The van der Waals surface area contributed by atoms with Crippen molar-refractivity contribution in [2.24, 2.45) is 5.41 Å². The van der Waals surface area contributed by atoms with E-state index < -0.39 is 0 Å². The minimum Gasteiger partial charge on any atom is -0.381 e. The smallest absolute Gasteiger partial charge is 0.269 e. The molecule has 0 aromatic carbocycles. The Bertz CT molecular complexity index is 504. The summed E-state index contributed by atoms with van der Waals surface area (Å²) in [6.45, 7) is 11.1. The Morgan fingerprint density at radius 2 is 2.18 bits per heavy atom. The van der Waals surface area contributed by atoms with E-state index in [9.17, 15) is 4.79 Å². The molecule has 0 unspecified atom stereocenters. The van der Waals surface area contributed by atoms with Gasteiger partial charge < -0.3 is 10.1 Å². The molecule has 1 saturated carbocycles. The topological polar surface area (TPSA) is 56.1 Å². The molecule has 0 atom stereocenters. The van der Waals surface area contributed by atoms with Gasteiger partial charge in [0.05, 0.1) is 12.3 Å². The summed E-state index contributed by atoms with van der Waals surface area (Å²) >= 11 is 0. The number of ether oxygens (including phenoxy) is 1. The molecular weight excluding hydrogens is 278 g/mol. The third-order valence-electron chi connectivity index (χ3n) is 4.57. The summed E-state index contributed by atoms with van der Waals surface area (Å²) in [7, 11) is 0. The van der Waals surface area contributed by atoms with E-state index in [1.54, 1.807) is 4.68 Å². The maximum atomic E-state index is 12.5. The summed E-state index contributed by atoms with van der Waals surface area (Å²) < 4.78 is 7.38. The highest BCUT2D eigenvalue weighted by atomic mass is 16.5. The van der Waals surface area contributed by atoms with Gasteiger partial charge in [0.1, 0.15) is 5.69 Å². The highest BCUT2D eigenvalue weighted by Crippen LogP contribution is 2.40. The van der Waals surface area contributed by atoms with Crippen molar-refractivity contribution in [3.05, 3.63) is 17.5 Å². The van der Waals surface area contributed by atoms with Crippen LogP contribution in [-0.2, 0) is 11.3 Å². The molecule has 1 aliphatic carbocycles. The predicted octanol–water partition coefficient (Wildman–Crippen LogP) is 2.96. The number of carbonyl (C=O) groups excluding carboxylic acids is 1. The zero-order valence-electron chi connectivity index (χ0n) is 14.3. The lowest BCUT2D eigenvalue weighted by molar-refractivity contribution is -0.000248. The fraction of sp³-hybridized carbons (Fsp3) is 0.765. The van der Waals surface area contributed by atoms with E-state index in [1.165, 1.54) is 6.42 Å². The molecule has 1 aromatic heterocycles. The number of aromatic nitrogens is 2. The van der Waals surface area contributed by atoms with Crippen LogP contribution in [0.2, 0.25) is 0 Å². The number of hydrogen-bond donors (Lipinski definition) is 1. The number of nitrogens with zero attached hydrogens (tertiary/aromatic N) is 2. The van der Waals surface area contributed by atoms with Crippen molar-refractivity contribution in [1.82, 2.24) is 15.1 Å². The second kappa shape index (κ2) is 7.27. The molecule has 1 aromatic rings. The van der Waals surface area contributed by atoms with Crippen LogP contribution in [0.5, 0.6) is 0 Å². The van der Waals surface area contributed by atoms with Gasteiger partial charge in [-0.3, -0.25) is 9.48 Å². The fourth-order valence-corrected chi connectivity index (χ4v) is 2.87. The fourth-order valence-electron chi connectivity index (χ4n) is 2.87. The molecule has 0 saturated heterocycles. The van der Waals surface area contributed by atoms with Crippen LogP contribution in [0, 0.1) is 5.41 Å². The van der Waals surface area contributed by atoms with Gasteiger partial charge in [0.15, 0.2) is 0 Å². The first-order chi connectivity index (χ1) is 10.5. The average Bonchev–Trinajstić information content (AvgIpc) is 2.90. The van der Waals surface area contributed by atoms with Crippen LogP contribution >= 0.6 is 0 Å². The normalized spacial score (nSPS) is 16.6. The van der Waals surface area contributed by atoms with Crippen LogP contribution in [0.25, 0.3) is 0 Å². The van der Waals surface area contributed by atoms with E-state index in [2.05, 4.69) is 24.3 Å². The maximum absolute atomic E-state index is 12.5. The first-order valence-electron chi connectivity index (χ1n) is 8.45. The number of rotatable bonds is 8. The van der Waals surface area contributed by atoms with Crippen LogP contribution in [-0.4, -0.2) is 35.4 Å². The first kappa shape index (κ1) is 17.0. The minimum atomic E-state index is -0.0241. The monoisotopic (exact) mass is 307 g/mol. The molecule has 1 amide bonds. The zero-order valence-corrected chi connectivity index (χ0v) is 14.3. The zero-order chi connectivity index (χ0) is 16.2. The van der Waals surface area contributed by atoms with E-state index in [-0.39, 0.29) is 11.3 Å². The summed E-state index contributed by atoms with van der Waals surface area (Å²) in [5.41, 5.74) is 1.78. The van der Waals surface area contributed by atoms with E-state index in [0.29, 0.717) is 24.7 Å². The third kappa shape index (κ3) is 3.69. The van der Waals surface area contributed by atoms with Crippen molar-refractivity contribution in [3.8, 4) is 0 Å². The number of carbonyl (C=O) groups is 1. The van der Waals surface area contributed by atoms with Gasteiger partial charge in [-0.05, 0) is 38.7 Å². The Labute approximate surface area is 133 Å². The van der Waals surface area contributed by atoms with Crippen molar-refractivity contribution in [2.75, 3.05) is 19.8 Å². The molecule has 5 heteroatoms. The maximum Gasteiger partial charge on any atom is 0.269 e. The van der Waals surface area contributed by atoms with E-state index >= 15 is 0 Å². The van der Waals surface area contributed by atoms with Crippen molar-refractivity contribution in [2.45, 2.75) is 59.4 Å². The molecule has 1 aliphatic rings. The molecule has 22 heavy (non-hydrogen) atoms. The number of hydrogen-bond acceptors (Lipinski definition) is 3. The number of nitrogens with one attached hydrogen (secondary N) is 1. The molecule has 0 aliphatic heterocycles. The van der Waals surface area contributed by atoms with Gasteiger partial charge in [0.25, 0.3) is 5.91 Å². The average molecular weight is 307 g/mol. The molecule has 1 fully saturated rings. The minimum absolute atomic E-state index is 0.0241. The molecule has 0 radical (unpaired) electrons. The lowest BCUT2D eigenvalue weighted by Gasteiger charge is -2.41. The van der Waals surface area contributed by atoms with Crippen molar-refractivity contribution in [1.29, 1.82) is 0 Å². The number of aryl methyl sites for hydroxylation is 1. The summed E-state index contributed by atoms with van der Waals surface area (Å²) in [4.78, 5) is 12.5. The summed E-state index contributed by atoms with van der Waals surface area (Å²) in [5, 5.41) is 7.61. The van der Waals surface area contributed by atoms with Crippen LogP contribution in [0.15, 0.2) is 6.07 Å². The molecule has 5 nitrogen and oxygen atoms in total. The summed E-state index contributed by atoms with van der Waals surface area (Å²) in [5.74, 6) is 0.305. The predicted molar refractivity (Wildman–Crippen MR) is 87.1 cm³/mol. The Morgan fingerprint density at radius 3 is 2.68 bits per heavy atom. The quantitative estimate of drug-likeness (QED) is 0.803. The van der Waals surface area contributed by atoms with E-state index in [4.69, 9.17) is 4.74 Å². The molecule has 0 bridgehead atoms. The SMILES string of the molecule is CCOCC1(CNC(=O)c2cc(C(C)C)nn2CC)CCC1. The van der Waals surface area contributed by atoms with E-state index in [1.807, 2.05) is 19.9 Å². The van der Waals surface area contributed by atoms with Gasteiger partial charge in [-0.1, -0.05) is 20.3 Å². The molecule has 1 heterocycles. The lowest BCUT2D eigenvalue weighted by Crippen LogP contribution is -2.45. The lowest BCUT2D eigenvalue weighted by atomic mass is 9.69. The van der Waals surface area contributed by atoms with Crippen LogP contribution in [0.1, 0.15) is 69.1 Å². The van der Waals surface area contributed by atoms with Gasteiger partial charge in [0, 0.05) is 25.1 Å². The molecular formula is C17H29N3O2. The van der Waals surface area contributed by atoms with Gasteiger partial charge in [0.2, 0.25) is 0 Å². The number of amides is 1. The van der Waals surface area contributed by atoms with Gasteiger partial charge in [-0.15, -0.1) is 0 Å². The van der Waals surface area contributed by atoms with Crippen LogP contribution < -0.4 is 5.32 Å². The van der Waals surface area contributed by atoms with Gasteiger partial charge in [-0.25, -0.2) is 0 Å². The second-order valence-electron chi connectivity index (χ2n) is 6.60. The van der Waals surface area contributed by atoms with E-state index in [0.717, 1.165) is 31.7 Å². The largest absolute Gasteiger partial charge is 0.381 e. The van der Waals surface area contributed by atoms with Gasteiger partial charge >= 0.3 is 0 Å². The van der Waals surface area contributed by atoms with Crippen LogP contribution in [0.4, 0.5) is 0 Å². The molecule has 1 N–H and O–H groups in total. The highest BCUT2D eigenvalue weighted by Gasteiger charge is 2.37. The van der Waals surface area contributed by atoms with Crippen molar-refractivity contribution in [3.63, 3.8) is 0 Å². The Kier molecular flexibility index (Phi) is 5.62. The van der Waals surface area contributed by atoms with Gasteiger partial charge in [-0.2, -0.15) is 5.10 Å². The van der Waals surface area contributed by atoms with Crippen molar-refractivity contribution >= 4 is 5.91 Å². The molecule has 2 rings (SSSR count). The summed E-state index contributed by atoms with van der Waals surface area (Å²) in [6, 6.07) is 1.92. The highest BCUT2D eigenvalue weighted by molar-refractivity contribution is 5.92. The standard InChI is InChI=1S/C17H29N3O2/c1-5-20-15(10-14(19-20)13(3)4)16(21)18-11-17(8-7-9-17)12-22-6-2/h10,13H,5-9,11-12H2,1-4H3,(H,18,21). The summed E-state index contributed by atoms with van der Waals surface area (Å²) in [6.07, 6.45) is 3.50. The second-order valence-corrected chi connectivity index (χ2v) is 6.60. The Hall–Kier alpha value is -1.36. The van der Waals surface area contributed by atoms with Crippen LogP contribution in [0.3, 0.4) is 0 Å². The Balaban J connectivity index is 2.00. The Morgan fingerprint density at radius 1 is 1.45 bits per heavy atom. The molecule has 0 spiro atoms. The third-order valence-corrected chi connectivity index (χ3v) is 4.57.